The molecule has 2 aromatic rings. The lowest BCUT2D eigenvalue weighted by atomic mass is 10.2. The van der Waals surface area contributed by atoms with Crippen LogP contribution in [0.4, 0.5) is 8.78 Å². The molecule has 1 fully saturated rings. The van der Waals surface area contributed by atoms with Gasteiger partial charge >= 0.3 is 0 Å². The zero-order valence-electron chi connectivity index (χ0n) is 13.3. The zero-order chi connectivity index (χ0) is 16.9. The van der Waals surface area contributed by atoms with Gasteiger partial charge < -0.3 is 9.64 Å². The summed E-state index contributed by atoms with van der Waals surface area (Å²) >= 11 is 0. The van der Waals surface area contributed by atoms with Crippen LogP contribution in [0, 0.1) is 11.6 Å². The van der Waals surface area contributed by atoms with Crippen molar-refractivity contribution < 1.29 is 18.3 Å². The Kier molecular flexibility index (Phi) is 5.08. The highest BCUT2D eigenvalue weighted by atomic mass is 19.1. The van der Waals surface area contributed by atoms with Crippen LogP contribution < -0.4 is 4.74 Å². The number of ether oxygens (including phenoxy) is 1. The fraction of sp³-hybridized carbons (Fsp3) is 0.316. The Morgan fingerprint density at radius 3 is 2.62 bits per heavy atom. The molecule has 0 bridgehead atoms. The van der Waals surface area contributed by atoms with E-state index in [4.69, 9.17) is 4.74 Å². The highest BCUT2D eigenvalue weighted by molar-refractivity contribution is 5.77. The molecular formula is C19H19F2NO2. The normalized spacial score (nSPS) is 13.6. The second-order valence-corrected chi connectivity index (χ2v) is 5.91. The van der Waals surface area contributed by atoms with E-state index in [2.05, 4.69) is 0 Å². The molecule has 0 unspecified atom stereocenters. The van der Waals surface area contributed by atoms with E-state index in [0.717, 1.165) is 18.4 Å². The predicted molar refractivity (Wildman–Crippen MR) is 86.5 cm³/mol. The maximum absolute atomic E-state index is 13.5. The van der Waals surface area contributed by atoms with Crippen LogP contribution >= 0.6 is 0 Å². The Morgan fingerprint density at radius 1 is 1.12 bits per heavy atom. The van der Waals surface area contributed by atoms with Crippen molar-refractivity contribution in [3.05, 3.63) is 65.7 Å². The maximum Gasteiger partial charge on any atom is 0.226 e. The highest BCUT2D eigenvalue weighted by Crippen LogP contribution is 2.29. The number of carbonyl (C=O) groups is 1. The number of carbonyl (C=O) groups excluding carboxylic acids is 1. The van der Waals surface area contributed by atoms with Gasteiger partial charge in [0.25, 0.3) is 0 Å². The molecule has 2 aromatic carbocycles. The molecule has 0 atom stereocenters. The molecule has 0 saturated heterocycles. The lowest BCUT2D eigenvalue weighted by molar-refractivity contribution is -0.133. The standard InChI is InChI=1S/C19H19F2NO2/c20-15-5-3-4-14(12-15)13-22(16-8-9-16)19(23)10-11-24-18-7-2-1-6-17(18)21/h1-7,12,16H,8-11,13H2. The number of amides is 1. The largest absolute Gasteiger partial charge is 0.490 e. The molecule has 0 aliphatic heterocycles. The van der Waals surface area contributed by atoms with Gasteiger partial charge in [-0.2, -0.15) is 0 Å². The maximum atomic E-state index is 13.5. The Labute approximate surface area is 139 Å². The number of benzene rings is 2. The van der Waals surface area contributed by atoms with Crippen LogP contribution in [0.3, 0.4) is 0 Å². The molecule has 0 aromatic heterocycles. The molecule has 126 valence electrons. The van der Waals surface area contributed by atoms with Crippen molar-refractivity contribution in [3.8, 4) is 5.75 Å². The molecule has 3 nitrogen and oxygen atoms in total. The second-order valence-electron chi connectivity index (χ2n) is 5.91. The van der Waals surface area contributed by atoms with Crippen LogP contribution in [0.15, 0.2) is 48.5 Å². The molecule has 3 rings (SSSR count). The van der Waals surface area contributed by atoms with Crippen molar-refractivity contribution in [2.75, 3.05) is 6.61 Å². The minimum absolute atomic E-state index is 0.0573. The lowest BCUT2D eigenvalue weighted by Crippen LogP contribution is -2.33. The fourth-order valence-electron chi connectivity index (χ4n) is 2.59. The van der Waals surface area contributed by atoms with Crippen LogP contribution in [0.25, 0.3) is 0 Å². The molecule has 0 heterocycles. The number of nitrogens with zero attached hydrogens (tertiary/aromatic N) is 1. The monoisotopic (exact) mass is 331 g/mol. The van der Waals surface area contributed by atoms with Crippen molar-refractivity contribution in [2.45, 2.75) is 31.8 Å². The number of halogens is 2. The molecule has 1 aliphatic carbocycles. The molecular weight excluding hydrogens is 312 g/mol. The SMILES string of the molecule is O=C(CCOc1ccccc1F)N(Cc1cccc(F)c1)C1CC1. The summed E-state index contributed by atoms with van der Waals surface area (Å²) < 4.78 is 32.1. The summed E-state index contributed by atoms with van der Waals surface area (Å²) in [4.78, 5) is 14.2. The van der Waals surface area contributed by atoms with Gasteiger partial charge in [0.05, 0.1) is 13.0 Å². The molecule has 1 aliphatic rings. The predicted octanol–water partition coefficient (Wildman–Crippen LogP) is 3.92. The Balaban J connectivity index is 1.56. The minimum Gasteiger partial charge on any atom is -0.490 e. The van der Waals surface area contributed by atoms with Crippen molar-refractivity contribution in [2.24, 2.45) is 0 Å². The van der Waals surface area contributed by atoms with Crippen molar-refractivity contribution in [3.63, 3.8) is 0 Å². The van der Waals surface area contributed by atoms with E-state index in [1.54, 1.807) is 23.1 Å². The average molecular weight is 331 g/mol. The van der Waals surface area contributed by atoms with E-state index < -0.39 is 5.82 Å². The molecule has 1 saturated carbocycles. The average Bonchev–Trinajstić information content (AvgIpc) is 3.39. The summed E-state index contributed by atoms with van der Waals surface area (Å²) in [5.41, 5.74) is 0.769. The third-order valence-electron chi connectivity index (χ3n) is 3.96. The van der Waals surface area contributed by atoms with Crippen molar-refractivity contribution >= 4 is 5.91 Å². The van der Waals surface area contributed by atoms with Crippen LogP contribution in [0.2, 0.25) is 0 Å². The van der Waals surface area contributed by atoms with Crippen molar-refractivity contribution in [1.82, 2.24) is 4.90 Å². The lowest BCUT2D eigenvalue weighted by Gasteiger charge is -2.22. The van der Waals surface area contributed by atoms with Crippen LogP contribution in [0.1, 0.15) is 24.8 Å². The first kappa shape index (κ1) is 16.4. The van der Waals surface area contributed by atoms with Crippen LogP contribution in [-0.4, -0.2) is 23.5 Å². The summed E-state index contributed by atoms with van der Waals surface area (Å²) in [6.45, 7) is 0.507. The topological polar surface area (TPSA) is 29.5 Å². The summed E-state index contributed by atoms with van der Waals surface area (Å²) in [7, 11) is 0. The summed E-state index contributed by atoms with van der Waals surface area (Å²) in [6, 6.07) is 12.6. The number of para-hydroxylation sites is 1. The van der Waals surface area contributed by atoms with Gasteiger partial charge in [0.1, 0.15) is 5.82 Å². The number of hydrogen-bond donors (Lipinski definition) is 0. The van der Waals surface area contributed by atoms with Crippen LogP contribution in [0.5, 0.6) is 5.75 Å². The van der Waals surface area contributed by atoms with Gasteiger partial charge in [0.15, 0.2) is 11.6 Å². The Morgan fingerprint density at radius 2 is 1.92 bits per heavy atom. The van der Waals surface area contributed by atoms with Gasteiger partial charge in [-0.25, -0.2) is 8.78 Å². The van der Waals surface area contributed by atoms with E-state index in [1.807, 2.05) is 6.07 Å². The van der Waals surface area contributed by atoms with E-state index in [1.165, 1.54) is 24.3 Å². The molecule has 24 heavy (non-hydrogen) atoms. The first-order chi connectivity index (χ1) is 11.6. The quantitative estimate of drug-likeness (QED) is 0.769. The smallest absolute Gasteiger partial charge is 0.226 e. The molecule has 0 N–H and O–H groups in total. The minimum atomic E-state index is -0.441. The fourth-order valence-corrected chi connectivity index (χ4v) is 2.59. The van der Waals surface area contributed by atoms with Gasteiger partial charge in [-0.05, 0) is 42.7 Å². The Bertz CT molecular complexity index is 716. The van der Waals surface area contributed by atoms with E-state index in [9.17, 15) is 13.6 Å². The van der Waals surface area contributed by atoms with Crippen LogP contribution in [-0.2, 0) is 11.3 Å². The van der Waals surface area contributed by atoms with Gasteiger partial charge in [-0.15, -0.1) is 0 Å². The first-order valence-corrected chi connectivity index (χ1v) is 8.05. The van der Waals surface area contributed by atoms with Gasteiger partial charge in [0.2, 0.25) is 5.91 Å². The summed E-state index contributed by atoms with van der Waals surface area (Å²) in [6.07, 6.45) is 2.10. The number of rotatable bonds is 7. The molecule has 0 spiro atoms. The summed E-state index contributed by atoms with van der Waals surface area (Å²) in [5.74, 6) is -0.658. The molecule has 5 heteroatoms. The van der Waals surface area contributed by atoms with E-state index in [0.29, 0.717) is 6.54 Å². The van der Waals surface area contributed by atoms with E-state index >= 15 is 0 Å². The van der Waals surface area contributed by atoms with Gasteiger partial charge in [-0.1, -0.05) is 24.3 Å². The van der Waals surface area contributed by atoms with Gasteiger partial charge in [-0.3, -0.25) is 4.79 Å². The van der Waals surface area contributed by atoms with Crippen molar-refractivity contribution in [1.29, 1.82) is 0 Å². The molecule has 0 radical (unpaired) electrons. The Hall–Kier alpha value is -2.43. The zero-order valence-corrected chi connectivity index (χ0v) is 13.3. The first-order valence-electron chi connectivity index (χ1n) is 8.05. The highest BCUT2D eigenvalue weighted by Gasteiger charge is 2.32. The van der Waals surface area contributed by atoms with Gasteiger partial charge in [0, 0.05) is 12.6 Å². The number of hydrogen-bond acceptors (Lipinski definition) is 2. The third-order valence-corrected chi connectivity index (χ3v) is 3.96. The third kappa shape index (κ3) is 4.31. The van der Waals surface area contributed by atoms with E-state index in [-0.39, 0.29) is 36.5 Å². The summed E-state index contributed by atoms with van der Waals surface area (Å²) in [5, 5.41) is 0. The second kappa shape index (κ2) is 7.43. The molecule has 1 amide bonds.